The monoisotopic (exact) mass is 240 g/mol. The van der Waals surface area contributed by atoms with Crippen molar-refractivity contribution >= 4 is 0 Å². The van der Waals surface area contributed by atoms with Gasteiger partial charge in [-0.1, -0.05) is 0 Å². The molecule has 0 saturated carbocycles. The lowest BCUT2D eigenvalue weighted by Crippen LogP contribution is -2.43. The van der Waals surface area contributed by atoms with Crippen molar-refractivity contribution in [1.29, 1.82) is 0 Å². The van der Waals surface area contributed by atoms with Crippen molar-refractivity contribution in [1.82, 2.24) is 10.2 Å². The molecule has 1 fully saturated rings. The predicted molar refractivity (Wildman–Crippen MR) is 55.2 cm³/mol. The highest BCUT2D eigenvalue weighted by atomic mass is 19.4. The molecule has 0 radical (unpaired) electrons. The van der Waals surface area contributed by atoms with Crippen LogP contribution in [-0.2, 0) is 0 Å². The van der Waals surface area contributed by atoms with Crippen LogP contribution in [0.25, 0.3) is 0 Å². The quantitative estimate of drug-likeness (QED) is 0.764. The molecule has 3 nitrogen and oxygen atoms in total. The van der Waals surface area contributed by atoms with Crippen LogP contribution >= 0.6 is 0 Å². The second kappa shape index (κ2) is 5.84. The number of halogens is 3. The molecular weight excluding hydrogens is 221 g/mol. The predicted octanol–water partition coefficient (Wildman–Crippen LogP) is 0.841. The maximum Gasteiger partial charge on any atom is 0.415 e. The normalized spacial score (nSPS) is 24.8. The molecule has 1 saturated heterocycles. The molecule has 6 heteroatoms. The number of hydrogen-bond donors (Lipinski definition) is 2. The van der Waals surface area contributed by atoms with Gasteiger partial charge >= 0.3 is 6.18 Å². The summed E-state index contributed by atoms with van der Waals surface area (Å²) in [5, 5.41) is 12.1. The van der Waals surface area contributed by atoms with Crippen molar-refractivity contribution in [3.05, 3.63) is 0 Å². The van der Waals surface area contributed by atoms with E-state index in [-0.39, 0.29) is 6.54 Å². The van der Waals surface area contributed by atoms with Crippen LogP contribution in [-0.4, -0.2) is 55.5 Å². The summed E-state index contributed by atoms with van der Waals surface area (Å²) in [5.74, 6) is 0.388. The van der Waals surface area contributed by atoms with Crippen molar-refractivity contribution < 1.29 is 18.3 Å². The van der Waals surface area contributed by atoms with Crippen molar-refractivity contribution in [2.75, 3.05) is 33.2 Å². The van der Waals surface area contributed by atoms with Crippen molar-refractivity contribution in [2.45, 2.75) is 25.1 Å². The Kier molecular flexibility index (Phi) is 5.01. The molecule has 1 aliphatic heterocycles. The van der Waals surface area contributed by atoms with Crippen molar-refractivity contribution in [2.24, 2.45) is 5.92 Å². The van der Waals surface area contributed by atoms with Gasteiger partial charge in [0, 0.05) is 13.1 Å². The minimum absolute atomic E-state index is 0.347. The topological polar surface area (TPSA) is 35.5 Å². The number of hydrogen-bond acceptors (Lipinski definition) is 3. The maximum absolute atomic E-state index is 12.1. The number of nitrogens with zero attached hydrogens (tertiary/aromatic N) is 1. The summed E-state index contributed by atoms with van der Waals surface area (Å²) >= 11 is 0. The van der Waals surface area contributed by atoms with E-state index in [0.717, 1.165) is 25.9 Å². The number of likely N-dealkylation sites (N-methyl/N-ethyl adjacent to an activating group) is 1. The zero-order valence-corrected chi connectivity index (χ0v) is 9.43. The van der Waals surface area contributed by atoms with E-state index in [1.807, 2.05) is 0 Å². The van der Waals surface area contributed by atoms with Gasteiger partial charge in [-0.3, -0.25) is 0 Å². The molecule has 0 bridgehead atoms. The fourth-order valence-electron chi connectivity index (χ4n) is 1.99. The molecule has 2 N–H and O–H groups in total. The Morgan fingerprint density at radius 1 is 1.50 bits per heavy atom. The number of rotatable bonds is 4. The molecule has 96 valence electrons. The Balaban J connectivity index is 2.26. The van der Waals surface area contributed by atoms with Gasteiger partial charge in [0.25, 0.3) is 0 Å². The molecule has 1 aliphatic rings. The van der Waals surface area contributed by atoms with Crippen molar-refractivity contribution in [3.63, 3.8) is 0 Å². The minimum Gasteiger partial charge on any atom is -0.382 e. The van der Waals surface area contributed by atoms with Gasteiger partial charge in [0.05, 0.1) is 0 Å². The summed E-state index contributed by atoms with van der Waals surface area (Å²) in [7, 11) is 1.61. The molecule has 0 spiro atoms. The molecule has 1 heterocycles. The molecule has 1 rings (SSSR count). The lowest BCUT2D eigenvalue weighted by atomic mass is 9.99. The minimum atomic E-state index is -4.51. The van der Waals surface area contributed by atoms with Gasteiger partial charge in [-0.05, 0) is 38.9 Å². The first-order chi connectivity index (χ1) is 7.39. The first kappa shape index (κ1) is 13.7. The van der Waals surface area contributed by atoms with E-state index in [2.05, 4.69) is 5.32 Å². The fraction of sp³-hybridized carbons (Fsp3) is 1.00. The molecule has 2 atom stereocenters. The summed E-state index contributed by atoms with van der Waals surface area (Å²) in [5.41, 5.74) is 0. The third-order valence-electron chi connectivity index (χ3n) is 2.83. The highest BCUT2D eigenvalue weighted by molar-refractivity contribution is 4.75. The SMILES string of the molecule is CN(CC1CCCNC1)CC(O)C(F)(F)F. The van der Waals surface area contributed by atoms with E-state index in [9.17, 15) is 13.2 Å². The number of nitrogens with one attached hydrogen (secondary N) is 1. The van der Waals surface area contributed by atoms with Crippen LogP contribution in [0.1, 0.15) is 12.8 Å². The van der Waals surface area contributed by atoms with E-state index in [1.165, 1.54) is 0 Å². The Morgan fingerprint density at radius 2 is 2.19 bits per heavy atom. The zero-order chi connectivity index (χ0) is 12.2. The van der Waals surface area contributed by atoms with Crippen LogP contribution in [0.15, 0.2) is 0 Å². The average molecular weight is 240 g/mol. The van der Waals surface area contributed by atoms with Crippen molar-refractivity contribution in [3.8, 4) is 0 Å². The van der Waals surface area contributed by atoms with Gasteiger partial charge < -0.3 is 15.3 Å². The van der Waals surface area contributed by atoms with Gasteiger partial charge in [0.1, 0.15) is 0 Å². The van der Waals surface area contributed by atoms with Crippen LogP contribution in [0, 0.1) is 5.92 Å². The van der Waals surface area contributed by atoms with Crippen LogP contribution in [0.3, 0.4) is 0 Å². The number of alkyl halides is 3. The average Bonchev–Trinajstić information content (AvgIpc) is 2.17. The zero-order valence-electron chi connectivity index (χ0n) is 9.43. The second-order valence-corrected chi connectivity index (χ2v) is 4.49. The Hall–Kier alpha value is -0.330. The summed E-state index contributed by atoms with van der Waals surface area (Å²) in [6, 6.07) is 0. The largest absolute Gasteiger partial charge is 0.415 e. The Bertz CT molecular complexity index is 205. The van der Waals surface area contributed by atoms with Gasteiger partial charge in [-0.25, -0.2) is 0 Å². The smallest absolute Gasteiger partial charge is 0.382 e. The molecule has 16 heavy (non-hydrogen) atoms. The van der Waals surface area contributed by atoms with Gasteiger partial charge in [0.15, 0.2) is 6.10 Å². The lowest BCUT2D eigenvalue weighted by molar-refractivity contribution is -0.207. The van der Waals surface area contributed by atoms with Crippen LogP contribution in [0.4, 0.5) is 13.2 Å². The first-order valence-corrected chi connectivity index (χ1v) is 5.53. The molecule has 0 aromatic carbocycles. The third-order valence-corrected chi connectivity index (χ3v) is 2.83. The summed E-state index contributed by atoms with van der Waals surface area (Å²) < 4.78 is 36.3. The van der Waals surface area contributed by atoms with Gasteiger partial charge in [0.2, 0.25) is 0 Å². The van der Waals surface area contributed by atoms with Crippen LogP contribution in [0.2, 0.25) is 0 Å². The van der Waals surface area contributed by atoms with E-state index < -0.39 is 12.3 Å². The Labute approximate surface area is 93.6 Å². The van der Waals surface area contributed by atoms with Crippen LogP contribution in [0.5, 0.6) is 0 Å². The van der Waals surface area contributed by atoms with Gasteiger partial charge in [-0.2, -0.15) is 13.2 Å². The summed E-state index contributed by atoms with van der Waals surface area (Å²) in [6.45, 7) is 2.10. The van der Waals surface area contributed by atoms with E-state index in [4.69, 9.17) is 5.11 Å². The molecule has 0 amide bonds. The third kappa shape index (κ3) is 4.67. The Morgan fingerprint density at radius 3 is 2.69 bits per heavy atom. The van der Waals surface area contributed by atoms with E-state index in [0.29, 0.717) is 12.5 Å². The number of piperidine rings is 1. The molecular formula is C10H19F3N2O. The molecule has 0 aromatic heterocycles. The van der Waals surface area contributed by atoms with E-state index in [1.54, 1.807) is 11.9 Å². The first-order valence-electron chi connectivity index (χ1n) is 5.53. The van der Waals surface area contributed by atoms with Gasteiger partial charge in [-0.15, -0.1) is 0 Å². The summed E-state index contributed by atoms with van der Waals surface area (Å²) in [4.78, 5) is 1.55. The number of aliphatic hydroxyl groups excluding tert-OH is 1. The summed E-state index contributed by atoms with van der Waals surface area (Å²) in [6.07, 6.45) is -4.65. The molecule has 0 aliphatic carbocycles. The molecule has 2 unspecified atom stereocenters. The molecule has 0 aromatic rings. The highest BCUT2D eigenvalue weighted by Gasteiger charge is 2.38. The fourth-order valence-corrected chi connectivity index (χ4v) is 1.99. The second-order valence-electron chi connectivity index (χ2n) is 4.49. The van der Waals surface area contributed by atoms with Crippen LogP contribution < -0.4 is 5.32 Å². The maximum atomic E-state index is 12.1. The lowest BCUT2D eigenvalue weighted by Gasteiger charge is -2.29. The van der Waals surface area contributed by atoms with E-state index >= 15 is 0 Å². The highest BCUT2D eigenvalue weighted by Crippen LogP contribution is 2.21. The standard InChI is InChI=1S/C10H19F3N2O/c1-15(7-9(16)10(11,12)13)6-8-3-2-4-14-5-8/h8-9,14,16H,2-7H2,1H3. The number of aliphatic hydroxyl groups is 1.